The van der Waals surface area contributed by atoms with E-state index < -0.39 is 24.4 Å². The van der Waals surface area contributed by atoms with Crippen molar-refractivity contribution >= 4 is 28.7 Å². The molecule has 10 heteroatoms. The first-order valence-corrected chi connectivity index (χ1v) is 9.41. The summed E-state index contributed by atoms with van der Waals surface area (Å²) in [5, 5.41) is 9.13. The van der Waals surface area contributed by atoms with Crippen molar-refractivity contribution in [3.8, 4) is 5.75 Å². The monoisotopic (exact) mass is 441 g/mol. The molecule has 32 heavy (non-hydrogen) atoms. The van der Waals surface area contributed by atoms with Gasteiger partial charge in [-0.3, -0.25) is 20.0 Å². The van der Waals surface area contributed by atoms with Crippen LogP contribution in [0.15, 0.2) is 42.6 Å². The van der Waals surface area contributed by atoms with Crippen LogP contribution < -0.4 is 15.6 Å². The Bertz CT molecular complexity index is 1180. The zero-order valence-electron chi connectivity index (χ0n) is 17.3. The molecule has 1 aromatic heterocycles. The predicted molar refractivity (Wildman–Crippen MR) is 112 cm³/mol. The second-order valence-corrected chi connectivity index (χ2v) is 6.74. The molecule has 0 atom stereocenters. The number of carboxylic acids is 1. The maximum absolute atomic E-state index is 13.2. The fraction of sp³-hybridized carbons (Fsp3) is 0.182. The molecule has 2 aromatic carbocycles. The van der Waals surface area contributed by atoms with Crippen molar-refractivity contribution in [2.45, 2.75) is 6.42 Å². The summed E-state index contributed by atoms with van der Waals surface area (Å²) in [4.78, 5) is 40.1. The number of nitrogens with zero attached hydrogens (tertiary/aromatic N) is 1. The number of halogens is 1. The van der Waals surface area contributed by atoms with E-state index in [1.165, 1.54) is 32.4 Å². The Labute approximate surface area is 182 Å². The van der Waals surface area contributed by atoms with Gasteiger partial charge in [0.1, 0.15) is 23.4 Å². The average Bonchev–Trinajstić information content (AvgIpc) is 2.78. The Morgan fingerprint density at radius 2 is 1.78 bits per heavy atom. The highest BCUT2D eigenvalue weighted by molar-refractivity contribution is 6.11. The lowest BCUT2D eigenvalue weighted by atomic mass is 9.99. The van der Waals surface area contributed by atoms with E-state index in [0.717, 1.165) is 11.1 Å². The highest BCUT2D eigenvalue weighted by Crippen LogP contribution is 2.32. The predicted octanol–water partition coefficient (Wildman–Crippen LogP) is 2.08. The Morgan fingerprint density at radius 1 is 1.06 bits per heavy atom. The lowest BCUT2D eigenvalue weighted by Gasteiger charge is -2.15. The fourth-order valence-electron chi connectivity index (χ4n) is 3.17. The number of hydrogen-bond donors (Lipinski definition) is 3. The topological polar surface area (TPSA) is 127 Å². The Balaban J connectivity index is 2.10. The van der Waals surface area contributed by atoms with Crippen LogP contribution in [0.5, 0.6) is 5.75 Å². The van der Waals surface area contributed by atoms with E-state index in [1.54, 1.807) is 24.4 Å². The van der Waals surface area contributed by atoms with Gasteiger partial charge >= 0.3 is 11.9 Å². The number of benzene rings is 2. The van der Waals surface area contributed by atoms with Crippen molar-refractivity contribution < 1.29 is 33.4 Å². The Kier molecular flexibility index (Phi) is 6.96. The van der Waals surface area contributed by atoms with Crippen LogP contribution in [-0.4, -0.2) is 48.7 Å². The molecule has 0 saturated carbocycles. The van der Waals surface area contributed by atoms with Gasteiger partial charge in [-0.15, -0.1) is 0 Å². The van der Waals surface area contributed by atoms with Crippen LogP contribution in [0.2, 0.25) is 0 Å². The van der Waals surface area contributed by atoms with E-state index in [9.17, 15) is 18.8 Å². The largest absolute Gasteiger partial charge is 0.494 e. The summed E-state index contributed by atoms with van der Waals surface area (Å²) in [5.41, 5.74) is 6.45. The number of fused-ring (bicyclic) bond motifs is 1. The molecule has 0 saturated heterocycles. The number of carboxylic acid groups (broad SMARTS) is 1. The first kappa shape index (κ1) is 22.6. The molecule has 0 radical (unpaired) electrons. The molecule has 0 spiro atoms. The number of esters is 1. The highest BCUT2D eigenvalue weighted by Gasteiger charge is 2.23. The van der Waals surface area contributed by atoms with E-state index in [2.05, 4.69) is 15.8 Å². The summed E-state index contributed by atoms with van der Waals surface area (Å²) >= 11 is 0. The van der Waals surface area contributed by atoms with Gasteiger partial charge in [-0.2, -0.15) is 0 Å². The van der Waals surface area contributed by atoms with Gasteiger partial charge in [0.05, 0.1) is 19.8 Å². The summed E-state index contributed by atoms with van der Waals surface area (Å²) in [6, 6.07) is 8.99. The third kappa shape index (κ3) is 4.98. The van der Waals surface area contributed by atoms with E-state index in [0.29, 0.717) is 11.8 Å². The van der Waals surface area contributed by atoms with Crippen LogP contribution in [0.1, 0.15) is 31.8 Å². The molecule has 3 aromatic rings. The zero-order valence-corrected chi connectivity index (χ0v) is 17.3. The molecular weight excluding hydrogens is 421 g/mol. The summed E-state index contributed by atoms with van der Waals surface area (Å²) < 4.78 is 23.3. The quantitative estimate of drug-likeness (QED) is 0.358. The lowest BCUT2D eigenvalue weighted by molar-refractivity contribution is -0.136. The molecule has 9 nitrogen and oxygen atoms in total. The van der Waals surface area contributed by atoms with Crippen LogP contribution >= 0.6 is 0 Å². The molecule has 0 aliphatic heterocycles. The Hall–Kier alpha value is -4.05. The molecule has 0 aliphatic rings. The number of ether oxygens (including phenoxy) is 2. The number of hydrogen-bond acceptors (Lipinski definition) is 7. The van der Waals surface area contributed by atoms with E-state index in [-0.39, 0.29) is 28.2 Å². The van der Waals surface area contributed by atoms with Gasteiger partial charge in [-0.25, -0.2) is 14.6 Å². The molecule has 0 bridgehead atoms. The van der Waals surface area contributed by atoms with Crippen LogP contribution in [-0.2, 0) is 16.0 Å². The lowest BCUT2D eigenvalue weighted by Crippen LogP contribution is -2.40. The maximum atomic E-state index is 13.2. The number of hydrazine groups is 1. The van der Waals surface area contributed by atoms with Crippen LogP contribution in [0.25, 0.3) is 10.9 Å². The third-order valence-corrected chi connectivity index (χ3v) is 4.60. The number of pyridine rings is 1. The third-order valence-electron chi connectivity index (χ3n) is 4.60. The van der Waals surface area contributed by atoms with Crippen molar-refractivity contribution in [2.75, 3.05) is 20.8 Å². The second-order valence-electron chi connectivity index (χ2n) is 6.74. The van der Waals surface area contributed by atoms with Crippen molar-refractivity contribution in [3.05, 3.63) is 70.7 Å². The summed E-state index contributed by atoms with van der Waals surface area (Å²) in [6.45, 7) is -0.502. The van der Waals surface area contributed by atoms with Crippen molar-refractivity contribution in [1.82, 2.24) is 15.8 Å². The molecule has 166 valence electrons. The van der Waals surface area contributed by atoms with Crippen LogP contribution in [0, 0.1) is 5.82 Å². The minimum absolute atomic E-state index is 0.00957. The summed E-state index contributed by atoms with van der Waals surface area (Å²) in [7, 11) is 2.56. The summed E-state index contributed by atoms with van der Waals surface area (Å²) in [5.74, 6) is -2.78. The number of rotatable bonds is 8. The second kappa shape index (κ2) is 9.84. The molecule has 1 heterocycles. The molecule has 0 fully saturated rings. The number of nitrogens with one attached hydrogen (secondary N) is 2. The van der Waals surface area contributed by atoms with Gasteiger partial charge in [0.15, 0.2) is 5.75 Å². The van der Waals surface area contributed by atoms with E-state index in [4.69, 9.17) is 14.6 Å². The molecular formula is C22H20FN3O6. The van der Waals surface area contributed by atoms with E-state index >= 15 is 0 Å². The Morgan fingerprint density at radius 3 is 2.41 bits per heavy atom. The van der Waals surface area contributed by atoms with Crippen molar-refractivity contribution in [1.29, 1.82) is 0 Å². The van der Waals surface area contributed by atoms with Crippen molar-refractivity contribution in [2.24, 2.45) is 0 Å². The fourth-order valence-corrected chi connectivity index (χ4v) is 3.17. The first-order chi connectivity index (χ1) is 15.3. The summed E-state index contributed by atoms with van der Waals surface area (Å²) in [6.07, 6.45) is 1.99. The number of carbonyl (C=O) groups excluding carboxylic acids is 2. The molecule has 0 unspecified atom stereocenters. The first-order valence-electron chi connectivity index (χ1n) is 9.41. The number of methoxy groups -OCH3 is 2. The van der Waals surface area contributed by atoms with Crippen LogP contribution in [0.3, 0.4) is 0 Å². The van der Waals surface area contributed by atoms with E-state index in [1.807, 2.05) is 0 Å². The van der Waals surface area contributed by atoms with Gasteiger partial charge in [-0.1, -0.05) is 12.1 Å². The zero-order chi connectivity index (χ0) is 23.3. The van der Waals surface area contributed by atoms with Crippen molar-refractivity contribution in [3.63, 3.8) is 0 Å². The molecule has 1 amide bonds. The molecule has 3 rings (SSSR count). The van der Waals surface area contributed by atoms with Gasteiger partial charge in [0.25, 0.3) is 5.91 Å². The maximum Gasteiger partial charge on any atom is 0.341 e. The molecule has 0 aliphatic carbocycles. The number of amides is 1. The van der Waals surface area contributed by atoms with Gasteiger partial charge in [0, 0.05) is 11.6 Å². The number of aliphatic carboxylic acids is 1. The normalized spacial score (nSPS) is 10.6. The smallest absolute Gasteiger partial charge is 0.341 e. The number of carbonyl (C=O) groups is 3. The van der Waals surface area contributed by atoms with Gasteiger partial charge in [0.2, 0.25) is 0 Å². The average molecular weight is 441 g/mol. The van der Waals surface area contributed by atoms with Crippen LogP contribution in [0.4, 0.5) is 4.39 Å². The number of aromatic nitrogens is 1. The highest BCUT2D eigenvalue weighted by atomic mass is 19.1. The molecule has 3 N–H and O–H groups in total. The van der Waals surface area contributed by atoms with Gasteiger partial charge < -0.3 is 14.6 Å². The minimum atomic E-state index is -1.16. The SMILES string of the molecule is COC(=O)c1cc(C(=O)NNCC(=O)O)c2cc(Cc3ccc(F)cc3)cnc2c1OC. The standard InChI is InChI=1S/C22H20FN3O6/c1-31-20-17(22(30)32-2)9-16(21(29)26-25-11-18(27)28)15-8-13(10-24-19(15)20)7-12-3-5-14(23)6-4-12/h3-6,8-10,25H,7,11H2,1-2H3,(H,26,29)(H,27,28). The minimum Gasteiger partial charge on any atom is -0.494 e. The van der Waals surface area contributed by atoms with Gasteiger partial charge in [-0.05, 0) is 41.8 Å².